The number of amides is 3. The van der Waals surface area contributed by atoms with Crippen molar-refractivity contribution in [3.8, 4) is 11.5 Å². The van der Waals surface area contributed by atoms with Crippen molar-refractivity contribution >= 4 is 11.9 Å². The van der Waals surface area contributed by atoms with Gasteiger partial charge in [0.1, 0.15) is 11.5 Å². The summed E-state index contributed by atoms with van der Waals surface area (Å²) in [5, 5.41) is 3.01. The molecule has 0 radical (unpaired) electrons. The molecule has 0 saturated carbocycles. The third-order valence-corrected chi connectivity index (χ3v) is 4.57. The van der Waals surface area contributed by atoms with Gasteiger partial charge >= 0.3 is 6.03 Å². The predicted octanol–water partition coefficient (Wildman–Crippen LogP) is 1.97. The van der Waals surface area contributed by atoms with Crippen LogP contribution in [0.5, 0.6) is 11.5 Å². The molecule has 0 unspecified atom stereocenters. The summed E-state index contributed by atoms with van der Waals surface area (Å²) in [5.74, 6) is 1.09. The maximum Gasteiger partial charge on any atom is 0.317 e. The van der Waals surface area contributed by atoms with Gasteiger partial charge in [-0.1, -0.05) is 0 Å². The number of hydrogen-bond donors (Lipinski definition) is 1. The predicted molar refractivity (Wildman–Crippen MR) is 95.3 cm³/mol. The molecular weight excluding hydrogens is 322 g/mol. The highest BCUT2D eigenvalue weighted by Gasteiger charge is 2.26. The van der Waals surface area contributed by atoms with Crippen molar-refractivity contribution in [3.63, 3.8) is 0 Å². The van der Waals surface area contributed by atoms with Crippen molar-refractivity contribution in [1.29, 1.82) is 0 Å². The van der Waals surface area contributed by atoms with Gasteiger partial charge in [-0.15, -0.1) is 0 Å². The normalized spacial score (nSPS) is 14.8. The number of nitrogens with one attached hydrogen (secondary N) is 1. The van der Waals surface area contributed by atoms with Gasteiger partial charge in [-0.2, -0.15) is 0 Å². The molecule has 0 aliphatic carbocycles. The van der Waals surface area contributed by atoms with Crippen LogP contribution < -0.4 is 14.8 Å². The maximum atomic E-state index is 12.8. The SMILES string of the molecule is CCN(C)C(=O)NC1CCN(C(=O)c2ccc(OC)cc2OC)CC1. The fraction of sp³-hybridized carbons (Fsp3) is 0.556. The van der Waals surface area contributed by atoms with E-state index in [1.165, 1.54) is 7.11 Å². The summed E-state index contributed by atoms with van der Waals surface area (Å²) < 4.78 is 10.5. The molecule has 7 heteroatoms. The van der Waals surface area contributed by atoms with E-state index in [2.05, 4.69) is 5.32 Å². The first-order chi connectivity index (χ1) is 12.0. The highest BCUT2D eigenvalue weighted by Crippen LogP contribution is 2.26. The minimum Gasteiger partial charge on any atom is -0.497 e. The molecule has 1 aromatic carbocycles. The van der Waals surface area contributed by atoms with Gasteiger partial charge in [0.15, 0.2) is 0 Å². The Bertz CT molecular complexity index is 612. The zero-order valence-electron chi connectivity index (χ0n) is 15.4. The van der Waals surface area contributed by atoms with Crippen molar-refractivity contribution in [2.24, 2.45) is 0 Å². The number of hydrogen-bond acceptors (Lipinski definition) is 4. The topological polar surface area (TPSA) is 71.1 Å². The number of methoxy groups -OCH3 is 2. The Morgan fingerprint density at radius 2 is 1.92 bits per heavy atom. The standard InChI is InChI=1S/C18H27N3O4/c1-5-20(2)18(23)19-13-8-10-21(11-9-13)17(22)15-7-6-14(24-3)12-16(15)25-4/h6-7,12-13H,5,8-11H2,1-4H3,(H,19,23). The van der Waals surface area contributed by atoms with Crippen LogP contribution >= 0.6 is 0 Å². The average molecular weight is 349 g/mol. The first-order valence-corrected chi connectivity index (χ1v) is 8.53. The Balaban J connectivity index is 1.96. The van der Waals surface area contributed by atoms with Gasteiger partial charge in [0.25, 0.3) is 5.91 Å². The number of likely N-dealkylation sites (tertiary alicyclic amines) is 1. The van der Waals surface area contributed by atoms with Gasteiger partial charge in [0, 0.05) is 38.8 Å². The van der Waals surface area contributed by atoms with Crippen LogP contribution in [0.3, 0.4) is 0 Å². The van der Waals surface area contributed by atoms with Gasteiger partial charge in [-0.3, -0.25) is 4.79 Å². The maximum absolute atomic E-state index is 12.8. The summed E-state index contributed by atoms with van der Waals surface area (Å²) in [6, 6.07) is 5.22. The molecule has 1 saturated heterocycles. The van der Waals surface area contributed by atoms with Crippen molar-refractivity contribution < 1.29 is 19.1 Å². The second-order valence-electron chi connectivity index (χ2n) is 6.10. The molecule has 3 amide bonds. The second-order valence-corrected chi connectivity index (χ2v) is 6.10. The molecule has 25 heavy (non-hydrogen) atoms. The number of ether oxygens (including phenoxy) is 2. The number of carbonyl (C=O) groups excluding carboxylic acids is 2. The van der Waals surface area contributed by atoms with Crippen LogP contribution in [-0.4, -0.2) is 68.7 Å². The third-order valence-electron chi connectivity index (χ3n) is 4.57. The van der Waals surface area contributed by atoms with Gasteiger partial charge in [0.2, 0.25) is 0 Å². The quantitative estimate of drug-likeness (QED) is 0.882. The minimum absolute atomic E-state index is 0.0602. The smallest absolute Gasteiger partial charge is 0.317 e. The van der Waals surface area contributed by atoms with Crippen LogP contribution in [0.25, 0.3) is 0 Å². The molecule has 1 heterocycles. The largest absolute Gasteiger partial charge is 0.497 e. The number of piperidine rings is 1. The summed E-state index contributed by atoms with van der Waals surface area (Å²) in [6.45, 7) is 3.81. The zero-order valence-corrected chi connectivity index (χ0v) is 15.4. The molecule has 2 rings (SSSR count). The lowest BCUT2D eigenvalue weighted by atomic mass is 10.0. The number of rotatable bonds is 5. The van der Waals surface area contributed by atoms with Crippen LogP contribution in [0, 0.1) is 0 Å². The van der Waals surface area contributed by atoms with Crippen LogP contribution in [0.1, 0.15) is 30.1 Å². The molecule has 7 nitrogen and oxygen atoms in total. The average Bonchev–Trinajstić information content (AvgIpc) is 2.66. The van der Waals surface area contributed by atoms with E-state index in [4.69, 9.17) is 9.47 Å². The van der Waals surface area contributed by atoms with Crippen LogP contribution in [0.2, 0.25) is 0 Å². The van der Waals surface area contributed by atoms with Gasteiger partial charge in [-0.25, -0.2) is 4.79 Å². The summed E-state index contributed by atoms with van der Waals surface area (Å²) in [4.78, 5) is 28.1. The molecule has 0 atom stereocenters. The molecule has 1 aliphatic heterocycles. The number of carbonyl (C=O) groups is 2. The van der Waals surface area contributed by atoms with E-state index in [0.717, 1.165) is 12.8 Å². The van der Waals surface area contributed by atoms with Gasteiger partial charge in [0.05, 0.1) is 19.8 Å². The second kappa shape index (κ2) is 8.60. The highest BCUT2D eigenvalue weighted by atomic mass is 16.5. The van der Waals surface area contributed by atoms with Crippen molar-refractivity contribution in [2.75, 3.05) is 40.9 Å². The molecule has 1 N–H and O–H groups in total. The Morgan fingerprint density at radius 3 is 2.48 bits per heavy atom. The van der Waals surface area contributed by atoms with Crippen molar-refractivity contribution in [1.82, 2.24) is 15.1 Å². The molecule has 1 fully saturated rings. The molecule has 1 aromatic rings. The molecule has 138 valence electrons. The molecule has 0 spiro atoms. The van der Waals surface area contributed by atoms with Crippen LogP contribution in [0.15, 0.2) is 18.2 Å². The van der Waals surface area contributed by atoms with Crippen LogP contribution in [-0.2, 0) is 0 Å². The summed E-state index contributed by atoms with van der Waals surface area (Å²) >= 11 is 0. The van der Waals surface area contributed by atoms with Gasteiger partial charge < -0.3 is 24.6 Å². The first-order valence-electron chi connectivity index (χ1n) is 8.53. The number of benzene rings is 1. The Labute approximate surface area is 148 Å². The van der Waals surface area contributed by atoms with Gasteiger partial charge in [-0.05, 0) is 31.9 Å². The number of urea groups is 1. The van der Waals surface area contributed by atoms with Crippen LogP contribution in [0.4, 0.5) is 4.79 Å². The van der Waals surface area contributed by atoms with E-state index < -0.39 is 0 Å². The summed E-state index contributed by atoms with van der Waals surface area (Å²) in [5.41, 5.74) is 0.525. The molecule has 1 aliphatic rings. The third kappa shape index (κ3) is 4.55. The lowest BCUT2D eigenvalue weighted by molar-refractivity contribution is 0.0703. The molecular formula is C18H27N3O4. The summed E-state index contributed by atoms with van der Waals surface area (Å²) in [6.07, 6.45) is 1.49. The van der Waals surface area contributed by atoms with E-state index in [9.17, 15) is 9.59 Å². The van der Waals surface area contributed by atoms with Crippen molar-refractivity contribution in [3.05, 3.63) is 23.8 Å². The fourth-order valence-corrected chi connectivity index (χ4v) is 2.80. The Kier molecular flexibility index (Phi) is 6.50. The number of nitrogens with zero attached hydrogens (tertiary/aromatic N) is 2. The summed E-state index contributed by atoms with van der Waals surface area (Å²) in [7, 11) is 4.88. The zero-order chi connectivity index (χ0) is 18.4. The lowest BCUT2D eigenvalue weighted by Crippen LogP contribution is -2.49. The van der Waals surface area contributed by atoms with E-state index >= 15 is 0 Å². The minimum atomic E-state index is -0.0656. The fourth-order valence-electron chi connectivity index (χ4n) is 2.80. The highest BCUT2D eigenvalue weighted by molar-refractivity contribution is 5.97. The van der Waals surface area contributed by atoms with E-state index in [-0.39, 0.29) is 18.0 Å². The Morgan fingerprint density at radius 1 is 1.24 bits per heavy atom. The Hall–Kier alpha value is -2.44. The monoisotopic (exact) mass is 349 g/mol. The van der Waals surface area contributed by atoms with E-state index in [1.54, 1.807) is 42.2 Å². The van der Waals surface area contributed by atoms with E-state index in [0.29, 0.717) is 36.7 Å². The molecule has 0 bridgehead atoms. The molecule has 0 aromatic heterocycles. The first kappa shape index (κ1) is 18.9. The van der Waals surface area contributed by atoms with Crippen molar-refractivity contribution in [2.45, 2.75) is 25.8 Å². The van der Waals surface area contributed by atoms with E-state index in [1.807, 2.05) is 6.92 Å². The lowest BCUT2D eigenvalue weighted by Gasteiger charge is -2.33.